The monoisotopic (exact) mass is 573 g/mol. The number of hydrogen-bond acceptors (Lipinski definition) is 4. The van der Waals surface area contributed by atoms with Crippen LogP contribution in [0.15, 0.2) is 54.6 Å². The molecule has 0 saturated heterocycles. The van der Waals surface area contributed by atoms with Crippen LogP contribution in [-0.4, -0.2) is 35.3 Å². The van der Waals surface area contributed by atoms with E-state index in [1.54, 1.807) is 13.2 Å². The Morgan fingerprint density at radius 2 is 1.78 bits per heavy atom. The van der Waals surface area contributed by atoms with Gasteiger partial charge in [0.15, 0.2) is 0 Å². The van der Waals surface area contributed by atoms with Gasteiger partial charge in [-0.1, -0.05) is 38.1 Å². The zero-order valence-corrected chi connectivity index (χ0v) is 23.6. The highest BCUT2D eigenvalue weighted by Gasteiger charge is 2.56. The molecule has 6 atom stereocenters. The van der Waals surface area contributed by atoms with Crippen molar-refractivity contribution in [2.45, 2.75) is 70.6 Å². The largest absolute Gasteiger partial charge is 0.497 e. The van der Waals surface area contributed by atoms with Crippen LogP contribution in [0.5, 0.6) is 5.75 Å². The molecule has 3 aliphatic rings. The van der Waals surface area contributed by atoms with Gasteiger partial charge in [0.1, 0.15) is 5.75 Å². The summed E-state index contributed by atoms with van der Waals surface area (Å²) in [6, 6.07) is 12.7. The molecule has 0 heterocycles. The lowest BCUT2D eigenvalue weighted by Gasteiger charge is -2.53. The summed E-state index contributed by atoms with van der Waals surface area (Å²) in [4.78, 5) is 19.1. The fourth-order valence-corrected chi connectivity index (χ4v) is 7.66. The number of aliphatic carboxylic acids is 2. The van der Waals surface area contributed by atoms with Crippen molar-refractivity contribution >= 4 is 11.9 Å². The molecule has 0 aromatic heterocycles. The van der Waals surface area contributed by atoms with Crippen molar-refractivity contribution < 1.29 is 37.7 Å². The predicted octanol–water partition coefficient (Wildman–Crippen LogP) is 6.69. The number of ether oxygens (including phenoxy) is 1. The number of halogens is 3. The fourth-order valence-electron chi connectivity index (χ4n) is 7.66. The van der Waals surface area contributed by atoms with Crippen LogP contribution >= 0.6 is 0 Å². The number of methoxy groups -OCH3 is 1. The van der Waals surface area contributed by atoms with Crippen molar-refractivity contribution in [2.24, 2.45) is 23.2 Å². The molecular weight excluding hydrogens is 535 g/mol. The molecule has 41 heavy (non-hydrogen) atoms. The Hall–Kier alpha value is -3.33. The van der Waals surface area contributed by atoms with Gasteiger partial charge in [0, 0.05) is 24.7 Å². The summed E-state index contributed by atoms with van der Waals surface area (Å²) in [5.41, 5.74) is 3.30. The first-order chi connectivity index (χ1) is 19.3. The molecular formula is C32H38F3NO5. The van der Waals surface area contributed by atoms with Crippen LogP contribution in [0.4, 0.5) is 13.2 Å². The number of carboxylic acid groups (broad SMARTS) is 2. The molecule has 2 aromatic rings. The second-order valence-corrected chi connectivity index (χ2v) is 11.8. The van der Waals surface area contributed by atoms with Crippen molar-refractivity contribution in [2.75, 3.05) is 7.11 Å². The number of rotatable bonds is 6. The Bertz CT molecular complexity index is 1280. The maximum atomic E-state index is 13.1. The van der Waals surface area contributed by atoms with Crippen LogP contribution in [0.3, 0.4) is 0 Å². The fraction of sp³-hybridized carbons (Fsp3) is 0.500. The van der Waals surface area contributed by atoms with E-state index in [4.69, 9.17) is 14.9 Å². The topological polar surface area (TPSA) is 95.9 Å². The molecule has 9 heteroatoms. The molecule has 5 rings (SSSR count). The van der Waals surface area contributed by atoms with Gasteiger partial charge in [-0.05, 0) is 96.1 Å². The van der Waals surface area contributed by atoms with Crippen molar-refractivity contribution in [1.29, 1.82) is 0 Å². The third kappa shape index (κ3) is 6.77. The van der Waals surface area contributed by atoms with E-state index in [1.165, 1.54) is 36.1 Å². The van der Waals surface area contributed by atoms with Gasteiger partial charge in [0.2, 0.25) is 0 Å². The summed E-state index contributed by atoms with van der Waals surface area (Å²) in [5, 5.41) is 19.3. The summed E-state index contributed by atoms with van der Waals surface area (Å²) < 4.78 is 44.8. The van der Waals surface area contributed by atoms with E-state index in [0.29, 0.717) is 54.0 Å². The molecule has 2 saturated carbocycles. The third-order valence-electron chi connectivity index (χ3n) is 9.46. The van der Waals surface area contributed by atoms with E-state index in [0.717, 1.165) is 31.1 Å². The first-order valence-corrected chi connectivity index (χ1v) is 14.0. The number of alkyl halides is 3. The minimum Gasteiger partial charge on any atom is -0.497 e. The maximum Gasteiger partial charge on any atom is 0.416 e. The Morgan fingerprint density at radius 3 is 2.41 bits per heavy atom. The SMILES string of the molecule is COc1ccc2c(c1)C[C@@H](C)[C@@H]1[C@@H]2CC[C@]2(C)[C@@H](NCc3cccc(C(F)(F)F)c3)CC[C@@H]12.O=C(O)/C=C/C(=O)O. The molecule has 0 spiro atoms. The molecule has 0 aliphatic heterocycles. The van der Waals surface area contributed by atoms with E-state index in [-0.39, 0.29) is 5.41 Å². The van der Waals surface area contributed by atoms with Gasteiger partial charge in [0.05, 0.1) is 12.7 Å². The summed E-state index contributed by atoms with van der Waals surface area (Å²) in [6.45, 7) is 5.33. The lowest BCUT2D eigenvalue weighted by Crippen LogP contribution is -2.50. The first-order valence-electron chi connectivity index (χ1n) is 14.0. The minimum atomic E-state index is -4.30. The van der Waals surface area contributed by atoms with Gasteiger partial charge >= 0.3 is 18.1 Å². The normalized spacial score (nSPS) is 28.6. The lowest BCUT2D eigenvalue weighted by atomic mass is 9.52. The molecule has 0 radical (unpaired) electrons. The molecule has 2 aromatic carbocycles. The highest BCUT2D eigenvalue weighted by molar-refractivity contribution is 5.89. The average Bonchev–Trinajstić information content (AvgIpc) is 3.26. The number of nitrogens with one attached hydrogen (secondary N) is 1. The standard InChI is InChI=1S/C28H34F3NO.C4H4O4/c1-17-13-19-15-21(33-3)7-8-22(19)23-11-12-27(2)24(26(17)23)9-10-25(27)32-16-18-5-4-6-20(14-18)28(29,30)31;5-3(6)1-2-4(7)8/h4-8,14-15,17,23-26,32H,9-13,16H2,1-3H3;1-2H,(H,5,6)(H,7,8)/b;2-1+/t17-,23-,24+,25+,26-,27+;/m1./s1. The molecule has 6 nitrogen and oxygen atoms in total. The van der Waals surface area contributed by atoms with Gasteiger partial charge in [-0.25, -0.2) is 9.59 Å². The summed E-state index contributed by atoms with van der Waals surface area (Å²) in [6.07, 6.45) is 2.57. The van der Waals surface area contributed by atoms with Crippen LogP contribution in [0.1, 0.15) is 67.7 Å². The van der Waals surface area contributed by atoms with E-state index in [1.807, 2.05) is 0 Å². The van der Waals surface area contributed by atoms with Crippen LogP contribution in [0, 0.1) is 23.2 Å². The highest BCUT2D eigenvalue weighted by atomic mass is 19.4. The van der Waals surface area contributed by atoms with E-state index >= 15 is 0 Å². The smallest absolute Gasteiger partial charge is 0.416 e. The van der Waals surface area contributed by atoms with Crippen LogP contribution < -0.4 is 10.1 Å². The second-order valence-electron chi connectivity index (χ2n) is 11.8. The Morgan fingerprint density at radius 1 is 1.07 bits per heavy atom. The molecule has 0 unspecified atom stereocenters. The molecule has 0 amide bonds. The van der Waals surface area contributed by atoms with Crippen molar-refractivity contribution in [3.05, 3.63) is 76.9 Å². The molecule has 2 fully saturated rings. The third-order valence-corrected chi connectivity index (χ3v) is 9.46. The van der Waals surface area contributed by atoms with Crippen molar-refractivity contribution in [3.8, 4) is 5.75 Å². The average molecular weight is 574 g/mol. The molecule has 0 bridgehead atoms. The van der Waals surface area contributed by atoms with Gasteiger partial charge < -0.3 is 20.3 Å². The first kappa shape index (κ1) is 30.6. The van der Waals surface area contributed by atoms with Crippen LogP contribution in [0.25, 0.3) is 0 Å². The summed E-state index contributed by atoms with van der Waals surface area (Å²) in [7, 11) is 1.73. The zero-order valence-electron chi connectivity index (χ0n) is 23.6. The Labute approximate surface area is 238 Å². The van der Waals surface area contributed by atoms with Crippen molar-refractivity contribution in [1.82, 2.24) is 5.32 Å². The Balaban J connectivity index is 0.000000426. The van der Waals surface area contributed by atoms with Gasteiger partial charge in [-0.3, -0.25) is 0 Å². The van der Waals surface area contributed by atoms with E-state index < -0.39 is 23.7 Å². The number of hydrogen-bond donors (Lipinski definition) is 3. The van der Waals surface area contributed by atoms with E-state index in [2.05, 4.69) is 37.4 Å². The summed E-state index contributed by atoms with van der Waals surface area (Å²) in [5.74, 6) is 0.987. The van der Waals surface area contributed by atoms with E-state index in [9.17, 15) is 22.8 Å². The number of benzene rings is 2. The predicted molar refractivity (Wildman–Crippen MR) is 149 cm³/mol. The summed E-state index contributed by atoms with van der Waals surface area (Å²) >= 11 is 0. The Kier molecular flexibility index (Phi) is 9.16. The van der Waals surface area contributed by atoms with Crippen LogP contribution in [0.2, 0.25) is 0 Å². The highest BCUT2D eigenvalue weighted by Crippen LogP contribution is 2.62. The van der Waals surface area contributed by atoms with Gasteiger partial charge in [0.25, 0.3) is 0 Å². The molecule has 3 N–H and O–H groups in total. The zero-order chi connectivity index (χ0) is 29.9. The molecule has 3 aliphatic carbocycles. The maximum absolute atomic E-state index is 13.1. The minimum absolute atomic E-state index is 0.195. The number of carbonyl (C=O) groups is 2. The van der Waals surface area contributed by atoms with Crippen molar-refractivity contribution in [3.63, 3.8) is 0 Å². The molecule has 222 valence electrons. The second kappa shape index (κ2) is 12.3. The van der Waals surface area contributed by atoms with Crippen LogP contribution in [-0.2, 0) is 28.7 Å². The number of carboxylic acids is 2. The van der Waals surface area contributed by atoms with Gasteiger partial charge in [-0.2, -0.15) is 13.2 Å². The van der Waals surface area contributed by atoms with Gasteiger partial charge in [-0.15, -0.1) is 0 Å². The lowest BCUT2D eigenvalue weighted by molar-refractivity contribution is -0.137. The quantitative estimate of drug-likeness (QED) is 0.334. The number of fused-ring (bicyclic) bond motifs is 5.